The Morgan fingerprint density at radius 3 is 2.28 bits per heavy atom. The summed E-state index contributed by atoms with van der Waals surface area (Å²) in [5.74, 6) is 2.38. The molecule has 136 valence electrons. The highest BCUT2D eigenvalue weighted by molar-refractivity contribution is 5.85. The fraction of sp³-hybridized carbons (Fsp3) is 0.400. The third kappa shape index (κ3) is 6.58. The number of rotatable bonds is 8. The average molecular weight is 364 g/mol. The van der Waals surface area contributed by atoms with Gasteiger partial charge < -0.3 is 14.2 Å². The van der Waals surface area contributed by atoms with Gasteiger partial charge in [-0.3, -0.25) is 4.90 Å². The minimum absolute atomic E-state index is 0. The Morgan fingerprint density at radius 1 is 0.840 bits per heavy atom. The van der Waals surface area contributed by atoms with Crippen LogP contribution in [-0.2, 0) is 4.74 Å². The molecule has 5 heteroatoms. The predicted octanol–water partition coefficient (Wildman–Crippen LogP) is 4.39. The third-order valence-corrected chi connectivity index (χ3v) is 4.05. The van der Waals surface area contributed by atoms with E-state index >= 15 is 0 Å². The summed E-state index contributed by atoms with van der Waals surface area (Å²) in [4.78, 5) is 2.45. The van der Waals surface area contributed by atoms with Crippen LogP contribution in [0.25, 0.3) is 0 Å². The monoisotopic (exact) mass is 363 g/mol. The van der Waals surface area contributed by atoms with Gasteiger partial charge in [-0.25, -0.2) is 0 Å². The summed E-state index contributed by atoms with van der Waals surface area (Å²) >= 11 is 0. The normalized spacial score (nSPS) is 14.6. The highest BCUT2D eigenvalue weighted by Gasteiger charge is 2.09. The first-order valence-electron chi connectivity index (χ1n) is 8.67. The molecule has 0 unspecified atom stereocenters. The van der Waals surface area contributed by atoms with Crippen molar-refractivity contribution in [3.05, 3.63) is 54.6 Å². The molecule has 1 aliphatic rings. The second kappa shape index (κ2) is 11.0. The minimum atomic E-state index is 0. The summed E-state index contributed by atoms with van der Waals surface area (Å²) < 4.78 is 17.2. The van der Waals surface area contributed by atoms with E-state index in [0.717, 1.165) is 62.9 Å². The van der Waals surface area contributed by atoms with Crippen molar-refractivity contribution in [3.63, 3.8) is 0 Å². The van der Waals surface area contributed by atoms with Crippen LogP contribution in [-0.4, -0.2) is 44.4 Å². The summed E-state index contributed by atoms with van der Waals surface area (Å²) in [5, 5.41) is 0. The summed E-state index contributed by atoms with van der Waals surface area (Å²) in [6, 6.07) is 17.6. The van der Waals surface area contributed by atoms with Crippen LogP contribution >= 0.6 is 12.4 Å². The van der Waals surface area contributed by atoms with E-state index < -0.39 is 0 Å². The van der Waals surface area contributed by atoms with E-state index in [0.29, 0.717) is 6.61 Å². The van der Waals surface area contributed by atoms with E-state index in [-0.39, 0.29) is 12.4 Å². The molecule has 0 saturated carbocycles. The molecule has 2 aromatic rings. The number of ether oxygens (including phenoxy) is 3. The molecule has 1 fully saturated rings. The van der Waals surface area contributed by atoms with E-state index in [1.54, 1.807) is 0 Å². The van der Waals surface area contributed by atoms with Gasteiger partial charge in [-0.05, 0) is 43.7 Å². The maximum absolute atomic E-state index is 5.93. The maximum Gasteiger partial charge on any atom is 0.169 e. The van der Waals surface area contributed by atoms with Crippen LogP contribution in [0.4, 0.5) is 0 Å². The fourth-order valence-electron chi connectivity index (χ4n) is 2.71. The molecule has 1 heterocycles. The van der Waals surface area contributed by atoms with Crippen molar-refractivity contribution in [1.82, 2.24) is 4.90 Å². The molecule has 4 nitrogen and oxygen atoms in total. The number of hydrogen-bond donors (Lipinski definition) is 0. The van der Waals surface area contributed by atoms with E-state index in [1.807, 2.05) is 54.6 Å². The molecule has 0 aliphatic carbocycles. The second-order valence-corrected chi connectivity index (χ2v) is 5.87. The van der Waals surface area contributed by atoms with Crippen LogP contribution in [0.5, 0.6) is 17.2 Å². The van der Waals surface area contributed by atoms with Crippen molar-refractivity contribution >= 4 is 12.4 Å². The second-order valence-electron chi connectivity index (χ2n) is 5.87. The Kier molecular flexibility index (Phi) is 8.60. The lowest BCUT2D eigenvalue weighted by Gasteiger charge is -2.26. The zero-order chi connectivity index (χ0) is 16.5. The van der Waals surface area contributed by atoms with Crippen molar-refractivity contribution in [2.45, 2.75) is 12.8 Å². The molecule has 0 aromatic heterocycles. The lowest BCUT2D eigenvalue weighted by atomic mass is 10.3. The van der Waals surface area contributed by atoms with E-state index in [2.05, 4.69) is 4.90 Å². The standard InChI is InChI=1S/C20H25NO3.ClH/c1-2-8-18(9-3-1)24-20-11-5-4-10-19(20)23-15-7-6-12-21-13-16-22-17-14-21;/h1-5,8-11H,6-7,12-17H2;1H. The Bertz CT molecular complexity index is 603. The third-order valence-electron chi connectivity index (χ3n) is 4.05. The molecule has 2 aromatic carbocycles. The van der Waals surface area contributed by atoms with Crippen molar-refractivity contribution < 1.29 is 14.2 Å². The highest BCUT2D eigenvalue weighted by Crippen LogP contribution is 2.31. The number of nitrogens with zero attached hydrogens (tertiary/aromatic N) is 1. The molecule has 0 N–H and O–H groups in total. The number of benzene rings is 2. The summed E-state index contributed by atoms with van der Waals surface area (Å²) in [6.45, 7) is 5.65. The van der Waals surface area contributed by atoms with E-state index in [1.165, 1.54) is 0 Å². The lowest BCUT2D eigenvalue weighted by molar-refractivity contribution is 0.0368. The molecular weight excluding hydrogens is 338 g/mol. The van der Waals surface area contributed by atoms with E-state index in [9.17, 15) is 0 Å². The van der Waals surface area contributed by atoms with Gasteiger partial charge in [0.25, 0.3) is 0 Å². The quantitative estimate of drug-likeness (QED) is 0.651. The van der Waals surface area contributed by atoms with Crippen LogP contribution < -0.4 is 9.47 Å². The molecule has 0 atom stereocenters. The fourth-order valence-corrected chi connectivity index (χ4v) is 2.71. The Hall–Kier alpha value is -1.75. The maximum atomic E-state index is 5.93. The Morgan fingerprint density at radius 2 is 1.52 bits per heavy atom. The first-order valence-corrected chi connectivity index (χ1v) is 8.67. The average Bonchev–Trinajstić information content (AvgIpc) is 2.64. The van der Waals surface area contributed by atoms with Gasteiger partial charge in [0.05, 0.1) is 19.8 Å². The topological polar surface area (TPSA) is 30.9 Å². The molecule has 1 saturated heterocycles. The van der Waals surface area contributed by atoms with Crippen molar-refractivity contribution in [1.29, 1.82) is 0 Å². The smallest absolute Gasteiger partial charge is 0.169 e. The van der Waals surface area contributed by atoms with Gasteiger partial charge in [0, 0.05) is 13.1 Å². The van der Waals surface area contributed by atoms with Gasteiger partial charge in [0.1, 0.15) is 5.75 Å². The largest absolute Gasteiger partial charge is 0.490 e. The Labute approximate surface area is 156 Å². The molecule has 25 heavy (non-hydrogen) atoms. The predicted molar refractivity (Wildman–Crippen MR) is 102 cm³/mol. The SMILES string of the molecule is Cl.c1ccc(Oc2ccccc2OCCCCN2CCOCC2)cc1. The highest BCUT2D eigenvalue weighted by atomic mass is 35.5. The van der Waals surface area contributed by atoms with Crippen molar-refractivity contribution in [3.8, 4) is 17.2 Å². The minimum Gasteiger partial charge on any atom is -0.490 e. The number of para-hydroxylation sites is 3. The first-order chi connectivity index (χ1) is 11.9. The molecule has 0 amide bonds. The van der Waals surface area contributed by atoms with Gasteiger partial charge in [0.2, 0.25) is 0 Å². The zero-order valence-electron chi connectivity index (χ0n) is 14.4. The number of halogens is 1. The summed E-state index contributed by atoms with van der Waals surface area (Å²) in [6.07, 6.45) is 2.18. The number of unbranched alkanes of at least 4 members (excludes halogenated alkanes) is 1. The Balaban J connectivity index is 0.00000225. The van der Waals surface area contributed by atoms with Crippen LogP contribution in [0.1, 0.15) is 12.8 Å². The molecule has 0 radical (unpaired) electrons. The zero-order valence-corrected chi connectivity index (χ0v) is 15.2. The van der Waals surface area contributed by atoms with Gasteiger partial charge in [0.15, 0.2) is 11.5 Å². The van der Waals surface area contributed by atoms with Crippen LogP contribution in [0, 0.1) is 0 Å². The number of hydrogen-bond acceptors (Lipinski definition) is 4. The van der Waals surface area contributed by atoms with Crippen LogP contribution in [0.3, 0.4) is 0 Å². The van der Waals surface area contributed by atoms with Crippen molar-refractivity contribution in [2.75, 3.05) is 39.5 Å². The van der Waals surface area contributed by atoms with Gasteiger partial charge in [-0.2, -0.15) is 0 Å². The van der Waals surface area contributed by atoms with Crippen LogP contribution in [0.2, 0.25) is 0 Å². The van der Waals surface area contributed by atoms with Gasteiger partial charge >= 0.3 is 0 Å². The molecule has 0 bridgehead atoms. The van der Waals surface area contributed by atoms with Crippen LogP contribution in [0.15, 0.2) is 54.6 Å². The lowest BCUT2D eigenvalue weighted by Crippen LogP contribution is -2.36. The number of morpholine rings is 1. The molecule has 0 spiro atoms. The van der Waals surface area contributed by atoms with E-state index in [4.69, 9.17) is 14.2 Å². The first kappa shape index (κ1) is 19.6. The molecular formula is C20H26ClNO3. The van der Waals surface area contributed by atoms with Gasteiger partial charge in [-0.15, -0.1) is 12.4 Å². The molecule has 3 rings (SSSR count). The summed E-state index contributed by atoms with van der Waals surface area (Å²) in [7, 11) is 0. The summed E-state index contributed by atoms with van der Waals surface area (Å²) in [5.41, 5.74) is 0. The van der Waals surface area contributed by atoms with Crippen molar-refractivity contribution in [2.24, 2.45) is 0 Å². The molecule has 1 aliphatic heterocycles. The van der Waals surface area contributed by atoms with Gasteiger partial charge in [-0.1, -0.05) is 30.3 Å².